The Morgan fingerprint density at radius 1 is 1.17 bits per heavy atom. The fourth-order valence-electron chi connectivity index (χ4n) is 3.45. The zero-order valence-corrected chi connectivity index (χ0v) is 13.4. The maximum Gasteiger partial charge on any atom is 0.132 e. The van der Waals surface area contributed by atoms with E-state index in [4.69, 9.17) is 0 Å². The quantitative estimate of drug-likeness (QED) is 0.833. The van der Waals surface area contributed by atoms with Crippen molar-refractivity contribution in [3.8, 4) is 0 Å². The molecule has 7 nitrogen and oxygen atoms in total. The van der Waals surface area contributed by atoms with E-state index in [-0.39, 0.29) is 0 Å². The second-order valence-corrected chi connectivity index (χ2v) is 6.56. The molecule has 0 unspecified atom stereocenters. The van der Waals surface area contributed by atoms with Gasteiger partial charge in [-0.3, -0.25) is 4.90 Å². The summed E-state index contributed by atoms with van der Waals surface area (Å²) in [4.78, 5) is 13.7. The Morgan fingerprint density at radius 3 is 2.61 bits per heavy atom. The van der Waals surface area contributed by atoms with Crippen molar-refractivity contribution >= 4 is 5.82 Å². The maximum atomic E-state index is 4.68. The molecule has 0 aromatic carbocycles. The number of aryl methyl sites for hydroxylation is 1. The summed E-state index contributed by atoms with van der Waals surface area (Å²) in [6.07, 6.45) is 8.27. The first-order valence-electron chi connectivity index (χ1n) is 8.35. The predicted octanol–water partition coefficient (Wildman–Crippen LogP) is 1.80. The topological polar surface area (TPSA) is 71.2 Å². The summed E-state index contributed by atoms with van der Waals surface area (Å²) in [5.74, 6) is 1.10. The van der Waals surface area contributed by atoms with Crippen LogP contribution >= 0.6 is 0 Å². The van der Waals surface area contributed by atoms with Crippen LogP contribution in [0.2, 0.25) is 0 Å². The van der Waals surface area contributed by atoms with Gasteiger partial charge in [0.2, 0.25) is 0 Å². The number of piperidine rings is 1. The van der Waals surface area contributed by atoms with E-state index >= 15 is 0 Å². The Balaban J connectivity index is 1.41. The van der Waals surface area contributed by atoms with E-state index in [1.54, 1.807) is 12.5 Å². The van der Waals surface area contributed by atoms with Crippen LogP contribution in [-0.4, -0.2) is 50.4 Å². The summed E-state index contributed by atoms with van der Waals surface area (Å²) in [6, 6.07) is 3.36. The Hall–Kier alpha value is -2.02. The highest BCUT2D eigenvalue weighted by atomic mass is 16.6. The van der Waals surface area contributed by atoms with Gasteiger partial charge in [-0.05, 0) is 32.6 Å². The first-order chi connectivity index (χ1) is 11.3. The third kappa shape index (κ3) is 3.34. The highest BCUT2D eigenvalue weighted by Crippen LogP contribution is 2.35. The summed E-state index contributed by atoms with van der Waals surface area (Å²) in [5.41, 5.74) is 1.95. The highest BCUT2D eigenvalue weighted by molar-refractivity contribution is 5.43. The zero-order valence-electron chi connectivity index (χ0n) is 13.4. The number of likely N-dealkylation sites (tertiary alicyclic amines) is 1. The average Bonchev–Trinajstić information content (AvgIpc) is 3.25. The second kappa shape index (κ2) is 6.23. The predicted molar refractivity (Wildman–Crippen MR) is 84.9 cm³/mol. The highest BCUT2D eigenvalue weighted by Gasteiger charge is 2.36. The van der Waals surface area contributed by atoms with Gasteiger partial charge in [-0.25, -0.2) is 14.6 Å². The Morgan fingerprint density at radius 2 is 1.96 bits per heavy atom. The molecule has 23 heavy (non-hydrogen) atoms. The molecule has 1 saturated heterocycles. The van der Waals surface area contributed by atoms with E-state index in [1.165, 1.54) is 12.8 Å². The van der Waals surface area contributed by atoms with E-state index in [9.17, 15) is 0 Å². The van der Waals surface area contributed by atoms with Crippen molar-refractivity contribution in [3.05, 3.63) is 30.0 Å². The van der Waals surface area contributed by atoms with E-state index in [1.807, 2.05) is 6.92 Å². The van der Waals surface area contributed by atoms with Gasteiger partial charge < -0.3 is 4.90 Å². The van der Waals surface area contributed by atoms with Crippen molar-refractivity contribution in [1.82, 2.24) is 25.2 Å². The molecule has 1 aliphatic carbocycles. The summed E-state index contributed by atoms with van der Waals surface area (Å²) in [6.45, 7) is 5.01. The normalized spacial score (nSPS) is 19.9. The Labute approximate surface area is 135 Å². The van der Waals surface area contributed by atoms with Crippen LogP contribution in [0, 0.1) is 6.92 Å². The van der Waals surface area contributed by atoms with Crippen LogP contribution in [0.4, 0.5) is 5.82 Å². The van der Waals surface area contributed by atoms with Crippen LogP contribution in [0.15, 0.2) is 23.2 Å². The first kappa shape index (κ1) is 14.6. The number of aromatic nitrogens is 4. The van der Waals surface area contributed by atoms with E-state index < -0.39 is 0 Å². The molecule has 2 fully saturated rings. The lowest BCUT2D eigenvalue weighted by Crippen LogP contribution is -2.46. The van der Waals surface area contributed by atoms with Crippen LogP contribution < -0.4 is 4.90 Å². The van der Waals surface area contributed by atoms with Crippen LogP contribution in [0.5, 0.6) is 0 Å². The fourth-order valence-corrected chi connectivity index (χ4v) is 3.45. The molecule has 2 aliphatic rings. The standard InChI is InChI=1S/C16H22N6O/c1-12-8-16(18-11-17-12)22(14-2-3-14)15-4-6-21(7-5-15)10-13-9-19-23-20-13/h8-9,11,14-15H,2-7,10H2,1H3. The molecule has 1 aliphatic heterocycles. The van der Waals surface area contributed by atoms with Crippen molar-refractivity contribution in [2.75, 3.05) is 18.0 Å². The number of hydrogen-bond donors (Lipinski definition) is 0. The van der Waals surface area contributed by atoms with Gasteiger partial charge in [-0.2, -0.15) is 0 Å². The van der Waals surface area contributed by atoms with Crippen molar-refractivity contribution in [2.24, 2.45) is 0 Å². The molecule has 0 bridgehead atoms. The molecular weight excluding hydrogens is 292 g/mol. The lowest BCUT2D eigenvalue weighted by atomic mass is 10.0. The molecule has 7 heteroatoms. The maximum absolute atomic E-state index is 4.68. The molecular formula is C16H22N6O. The zero-order chi connectivity index (χ0) is 15.6. The first-order valence-corrected chi connectivity index (χ1v) is 8.35. The van der Waals surface area contributed by atoms with Crippen LogP contribution in [-0.2, 0) is 6.54 Å². The van der Waals surface area contributed by atoms with Gasteiger partial charge in [0, 0.05) is 43.5 Å². The molecule has 122 valence electrons. The van der Waals surface area contributed by atoms with Crippen molar-refractivity contribution in [1.29, 1.82) is 0 Å². The largest absolute Gasteiger partial charge is 0.350 e. The van der Waals surface area contributed by atoms with E-state index in [0.717, 1.165) is 49.7 Å². The van der Waals surface area contributed by atoms with Crippen LogP contribution in [0.1, 0.15) is 37.1 Å². The summed E-state index contributed by atoms with van der Waals surface area (Å²) < 4.78 is 4.68. The summed E-state index contributed by atoms with van der Waals surface area (Å²) in [7, 11) is 0. The van der Waals surface area contributed by atoms with Gasteiger partial charge in [-0.1, -0.05) is 10.3 Å². The number of anilines is 1. The van der Waals surface area contributed by atoms with E-state index in [2.05, 4.69) is 40.8 Å². The van der Waals surface area contributed by atoms with Gasteiger partial charge in [0.15, 0.2) is 0 Å². The average molecular weight is 314 g/mol. The fraction of sp³-hybridized carbons (Fsp3) is 0.625. The molecule has 0 atom stereocenters. The molecule has 0 radical (unpaired) electrons. The van der Waals surface area contributed by atoms with Gasteiger partial charge in [0.05, 0.1) is 6.20 Å². The molecule has 2 aromatic heterocycles. The number of rotatable bonds is 5. The lowest BCUT2D eigenvalue weighted by Gasteiger charge is -2.39. The van der Waals surface area contributed by atoms with Crippen molar-refractivity contribution in [2.45, 2.75) is 51.2 Å². The molecule has 0 spiro atoms. The van der Waals surface area contributed by atoms with E-state index in [0.29, 0.717) is 12.1 Å². The molecule has 2 aromatic rings. The molecule has 1 saturated carbocycles. The van der Waals surface area contributed by atoms with Crippen molar-refractivity contribution < 1.29 is 4.63 Å². The van der Waals surface area contributed by atoms with Gasteiger partial charge >= 0.3 is 0 Å². The van der Waals surface area contributed by atoms with Gasteiger partial charge in [0.1, 0.15) is 17.8 Å². The lowest BCUT2D eigenvalue weighted by molar-refractivity contribution is 0.194. The summed E-state index contributed by atoms with van der Waals surface area (Å²) >= 11 is 0. The molecule has 0 amide bonds. The summed E-state index contributed by atoms with van der Waals surface area (Å²) in [5, 5.41) is 7.58. The minimum atomic E-state index is 0.573. The molecule has 4 rings (SSSR count). The van der Waals surface area contributed by atoms with Gasteiger partial charge in [0.25, 0.3) is 0 Å². The second-order valence-electron chi connectivity index (χ2n) is 6.56. The SMILES string of the molecule is Cc1cc(N(C2CC2)C2CCN(Cc3cnon3)CC2)ncn1. The number of hydrogen-bond acceptors (Lipinski definition) is 7. The number of nitrogens with zero attached hydrogens (tertiary/aromatic N) is 6. The monoisotopic (exact) mass is 314 g/mol. The molecule has 0 N–H and O–H groups in total. The third-order valence-corrected chi connectivity index (χ3v) is 4.74. The van der Waals surface area contributed by atoms with Gasteiger partial charge in [-0.15, -0.1) is 0 Å². The van der Waals surface area contributed by atoms with Crippen LogP contribution in [0.3, 0.4) is 0 Å². The Kier molecular flexibility index (Phi) is 3.95. The Bertz CT molecular complexity index is 634. The molecule has 3 heterocycles. The van der Waals surface area contributed by atoms with Crippen LogP contribution in [0.25, 0.3) is 0 Å². The smallest absolute Gasteiger partial charge is 0.132 e. The van der Waals surface area contributed by atoms with Crippen molar-refractivity contribution in [3.63, 3.8) is 0 Å². The minimum Gasteiger partial charge on any atom is -0.350 e. The minimum absolute atomic E-state index is 0.573. The third-order valence-electron chi connectivity index (χ3n) is 4.74.